The number of aryl methyl sites for hydroxylation is 1. The van der Waals surface area contributed by atoms with Crippen LogP contribution in [0.2, 0.25) is 0 Å². The van der Waals surface area contributed by atoms with Gasteiger partial charge in [0.05, 0.1) is 6.20 Å². The van der Waals surface area contributed by atoms with Gasteiger partial charge in [0.2, 0.25) is 5.91 Å². The van der Waals surface area contributed by atoms with Crippen molar-refractivity contribution < 1.29 is 4.79 Å². The number of carbonyl (C=O) groups is 1. The molecule has 1 fully saturated rings. The first-order chi connectivity index (χ1) is 8.55. The van der Waals surface area contributed by atoms with E-state index in [0.29, 0.717) is 12.3 Å². The molecule has 2 heterocycles. The molecule has 0 saturated carbocycles. The summed E-state index contributed by atoms with van der Waals surface area (Å²) in [7, 11) is 0. The van der Waals surface area contributed by atoms with Gasteiger partial charge < -0.3 is 5.32 Å². The maximum absolute atomic E-state index is 11.5. The Morgan fingerprint density at radius 3 is 2.89 bits per heavy atom. The molecule has 100 valence electrons. The summed E-state index contributed by atoms with van der Waals surface area (Å²) in [6.07, 6.45) is 7.61. The van der Waals surface area contributed by atoms with Gasteiger partial charge >= 0.3 is 0 Å². The Labute approximate surface area is 109 Å². The van der Waals surface area contributed by atoms with Gasteiger partial charge in [-0.2, -0.15) is 5.10 Å². The average molecular weight is 249 g/mol. The van der Waals surface area contributed by atoms with Crippen molar-refractivity contribution in [3.63, 3.8) is 0 Å². The Bertz CT molecular complexity index is 424. The summed E-state index contributed by atoms with van der Waals surface area (Å²) in [5.41, 5.74) is 1.15. The second-order valence-electron chi connectivity index (χ2n) is 5.65. The van der Waals surface area contributed by atoms with Crippen LogP contribution in [-0.2, 0) is 17.8 Å². The third kappa shape index (κ3) is 2.57. The lowest BCUT2D eigenvalue weighted by molar-refractivity contribution is -0.120. The Kier molecular flexibility index (Phi) is 3.73. The molecule has 1 aliphatic rings. The molecule has 0 aromatic carbocycles. The highest BCUT2D eigenvalue weighted by atomic mass is 16.2. The molecule has 0 spiro atoms. The first kappa shape index (κ1) is 13.1. The van der Waals surface area contributed by atoms with E-state index >= 15 is 0 Å². The van der Waals surface area contributed by atoms with Crippen molar-refractivity contribution in [2.24, 2.45) is 5.92 Å². The van der Waals surface area contributed by atoms with Crippen LogP contribution in [0, 0.1) is 5.92 Å². The van der Waals surface area contributed by atoms with Crippen molar-refractivity contribution in [2.45, 2.75) is 58.5 Å². The van der Waals surface area contributed by atoms with Crippen LogP contribution in [0.25, 0.3) is 0 Å². The van der Waals surface area contributed by atoms with E-state index in [4.69, 9.17) is 0 Å². The fourth-order valence-corrected chi connectivity index (χ4v) is 2.72. The summed E-state index contributed by atoms with van der Waals surface area (Å²) >= 11 is 0. The standard InChI is InChI=1S/C14H23N3O/c1-4-7-17-10-12(9-15-17)8-14(11(2)3)6-5-13(18)16-14/h9-11H,4-8H2,1-3H3,(H,16,18). The number of aromatic nitrogens is 2. The van der Waals surface area contributed by atoms with Crippen molar-refractivity contribution >= 4 is 5.91 Å². The molecule has 1 amide bonds. The largest absolute Gasteiger partial charge is 0.350 e. The smallest absolute Gasteiger partial charge is 0.220 e. The van der Waals surface area contributed by atoms with Gasteiger partial charge in [-0.3, -0.25) is 9.48 Å². The molecular formula is C14H23N3O. The van der Waals surface area contributed by atoms with Crippen molar-refractivity contribution in [1.29, 1.82) is 0 Å². The molecule has 1 saturated heterocycles. The highest BCUT2D eigenvalue weighted by Gasteiger charge is 2.40. The van der Waals surface area contributed by atoms with Crippen molar-refractivity contribution in [2.75, 3.05) is 0 Å². The van der Waals surface area contributed by atoms with E-state index in [-0.39, 0.29) is 11.4 Å². The van der Waals surface area contributed by atoms with E-state index < -0.39 is 0 Å². The summed E-state index contributed by atoms with van der Waals surface area (Å²) in [4.78, 5) is 11.5. The normalized spacial score (nSPS) is 23.7. The van der Waals surface area contributed by atoms with Crippen LogP contribution in [-0.4, -0.2) is 21.2 Å². The van der Waals surface area contributed by atoms with E-state index in [1.165, 1.54) is 5.56 Å². The van der Waals surface area contributed by atoms with Gasteiger partial charge in [0.1, 0.15) is 0 Å². The quantitative estimate of drug-likeness (QED) is 0.869. The molecule has 18 heavy (non-hydrogen) atoms. The molecule has 1 aromatic rings. The zero-order chi connectivity index (χ0) is 13.2. The summed E-state index contributed by atoms with van der Waals surface area (Å²) < 4.78 is 1.99. The number of nitrogens with zero attached hydrogens (tertiary/aromatic N) is 2. The lowest BCUT2D eigenvalue weighted by Gasteiger charge is -2.33. The topological polar surface area (TPSA) is 46.9 Å². The number of carbonyl (C=O) groups excluding carboxylic acids is 1. The van der Waals surface area contributed by atoms with Crippen LogP contribution < -0.4 is 5.32 Å². The van der Waals surface area contributed by atoms with Gasteiger partial charge in [-0.25, -0.2) is 0 Å². The summed E-state index contributed by atoms with van der Waals surface area (Å²) in [5.74, 6) is 0.628. The fraction of sp³-hybridized carbons (Fsp3) is 0.714. The van der Waals surface area contributed by atoms with Gasteiger partial charge in [-0.15, -0.1) is 0 Å². The van der Waals surface area contributed by atoms with Crippen LogP contribution in [0.5, 0.6) is 0 Å². The summed E-state index contributed by atoms with van der Waals surface area (Å²) in [5, 5.41) is 7.54. The van der Waals surface area contributed by atoms with Crippen LogP contribution in [0.1, 0.15) is 45.6 Å². The first-order valence-electron chi connectivity index (χ1n) is 6.88. The number of rotatable bonds is 5. The van der Waals surface area contributed by atoms with E-state index in [1.807, 2.05) is 10.9 Å². The monoisotopic (exact) mass is 249 g/mol. The molecule has 0 radical (unpaired) electrons. The van der Waals surface area contributed by atoms with Crippen LogP contribution >= 0.6 is 0 Å². The fourth-order valence-electron chi connectivity index (χ4n) is 2.72. The molecule has 0 bridgehead atoms. The van der Waals surface area contributed by atoms with Crippen LogP contribution in [0.15, 0.2) is 12.4 Å². The van der Waals surface area contributed by atoms with Gasteiger partial charge in [0, 0.05) is 24.7 Å². The Balaban J connectivity index is 2.11. The van der Waals surface area contributed by atoms with Crippen LogP contribution in [0.4, 0.5) is 0 Å². The summed E-state index contributed by atoms with van der Waals surface area (Å²) in [6.45, 7) is 7.47. The predicted molar refractivity (Wildman–Crippen MR) is 71.2 cm³/mol. The van der Waals surface area contributed by atoms with E-state index in [0.717, 1.165) is 25.8 Å². The summed E-state index contributed by atoms with van der Waals surface area (Å²) in [6, 6.07) is 0. The molecule has 1 unspecified atom stereocenters. The highest BCUT2D eigenvalue weighted by molar-refractivity contribution is 5.79. The molecular weight excluding hydrogens is 226 g/mol. The van der Waals surface area contributed by atoms with Crippen molar-refractivity contribution in [3.05, 3.63) is 18.0 Å². The lowest BCUT2D eigenvalue weighted by Crippen LogP contribution is -2.48. The molecule has 1 aliphatic heterocycles. The van der Waals surface area contributed by atoms with Gasteiger partial charge in [0.15, 0.2) is 0 Å². The van der Waals surface area contributed by atoms with Crippen molar-refractivity contribution in [1.82, 2.24) is 15.1 Å². The molecule has 4 nitrogen and oxygen atoms in total. The first-order valence-corrected chi connectivity index (χ1v) is 6.88. The lowest BCUT2D eigenvalue weighted by atomic mass is 9.80. The Morgan fingerprint density at radius 1 is 1.56 bits per heavy atom. The van der Waals surface area contributed by atoms with Gasteiger partial charge in [0.25, 0.3) is 0 Å². The number of amides is 1. The Morgan fingerprint density at radius 2 is 2.33 bits per heavy atom. The molecule has 0 aliphatic carbocycles. The van der Waals surface area contributed by atoms with Gasteiger partial charge in [-0.1, -0.05) is 20.8 Å². The zero-order valence-corrected chi connectivity index (χ0v) is 11.6. The number of hydrogen-bond donors (Lipinski definition) is 1. The predicted octanol–water partition coefficient (Wildman–Crippen LogP) is 2.14. The highest BCUT2D eigenvalue weighted by Crippen LogP contribution is 2.31. The minimum Gasteiger partial charge on any atom is -0.350 e. The van der Waals surface area contributed by atoms with E-state index in [1.54, 1.807) is 0 Å². The molecule has 1 atom stereocenters. The maximum atomic E-state index is 11.5. The average Bonchev–Trinajstić information content (AvgIpc) is 2.88. The second-order valence-corrected chi connectivity index (χ2v) is 5.65. The third-order valence-corrected chi connectivity index (χ3v) is 3.95. The van der Waals surface area contributed by atoms with E-state index in [9.17, 15) is 4.79 Å². The van der Waals surface area contributed by atoms with Crippen molar-refractivity contribution in [3.8, 4) is 0 Å². The van der Waals surface area contributed by atoms with E-state index in [2.05, 4.69) is 37.4 Å². The maximum Gasteiger partial charge on any atom is 0.220 e. The minimum absolute atomic E-state index is 0.0723. The Hall–Kier alpha value is -1.32. The molecule has 1 aromatic heterocycles. The van der Waals surface area contributed by atoms with Crippen LogP contribution in [0.3, 0.4) is 0 Å². The molecule has 1 N–H and O–H groups in total. The number of nitrogens with one attached hydrogen (secondary N) is 1. The molecule has 4 heteroatoms. The number of hydrogen-bond acceptors (Lipinski definition) is 2. The second kappa shape index (κ2) is 5.12. The third-order valence-electron chi connectivity index (χ3n) is 3.95. The SMILES string of the molecule is CCCn1cc(CC2(C(C)C)CCC(=O)N2)cn1. The van der Waals surface area contributed by atoms with Gasteiger partial charge in [-0.05, 0) is 30.7 Å². The zero-order valence-electron chi connectivity index (χ0n) is 11.6. The molecule has 2 rings (SSSR count). The minimum atomic E-state index is -0.0723.